The summed E-state index contributed by atoms with van der Waals surface area (Å²) in [4.78, 5) is 28.3. The first kappa shape index (κ1) is 61.6. The van der Waals surface area contributed by atoms with Crippen LogP contribution >= 0.6 is 96.7 Å². The summed E-state index contributed by atoms with van der Waals surface area (Å²) in [5.74, 6) is 3.01. The normalized spacial score (nSPS) is 14.5. The summed E-state index contributed by atoms with van der Waals surface area (Å²) in [6.07, 6.45) is 17.6. The van der Waals surface area contributed by atoms with Gasteiger partial charge in [0.15, 0.2) is 20.4 Å². The number of likely N-dealkylation sites (tertiary alicyclic amines) is 2. The second-order valence-electron chi connectivity index (χ2n) is 17.2. The number of pyridine rings is 5. The highest BCUT2D eigenvalue weighted by molar-refractivity contribution is 9.11. The number of nitrogens with zero attached hydrogens (tertiary/aromatic N) is 8. The molecule has 0 unspecified atom stereocenters. The van der Waals surface area contributed by atoms with Crippen LogP contribution in [0.15, 0.2) is 117 Å². The van der Waals surface area contributed by atoms with Gasteiger partial charge in [0.1, 0.15) is 23.3 Å². The topological polar surface area (TPSA) is 180 Å². The van der Waals surface area contributed by atoms with Crippen LogP contribution in [-0.2, 0) is 11.2 Å². The summed E-state index contributed by atoms with van der Waals surface area (Å²) in [5, 5.41) is 27.4. The van der Waals surface area contributed by atoms with Gasteiger partial charge in [0.25, 0.3) is 0 Å². The minimum absolute atomic E-state index is 0.574. The van der Waals surface area contributed by atoms with E-state index in [4.69, 9.17) is 53.6 Å². The molecule has 0 amide bonds. The third-order valence-electron chi connectivity index (χ3n) is 11.3. The number of ether oxygens (including phenoxy) is 1. The second-order valence-corrected chi connectivity index (χ2v) is 21.5. The Kier molecular flexibility index (Phi) is 30.9. The third-order valence-corrected chi connectivity index (χ3v) is 13.7. The number of thiocarbonyl (C=S) groups is 4. The van der Waals surface area contributed by atoms with Crippen molar-refractivity contribution in [2.45, 2.75) is 44.9 Å². The predicted molar refractivity (Wildman–Crippen MR) is 333 cm³/mol. The van der Waals surface area contributed by atoms with E-state index < -0.39 is 0 Å². The lowest BCUT2D eigenvalue weighted by Gasteiger charge is -2.26. The molecule has 3 fully saturated rings. The Morgan fingerprint density at radius 3 is 1.16 bits per heavy atom. The van der Waals surface area contributed by atoms with Gasteiger partial charge in [-0.15, -0.1) is 0 Å². The Bertz CT molecular complexity index is 2180. The Hall–Kier alpha value is -4.21. The van der Waals surface area contributed by atoms with Gasteiger partial charge in [-0.25, -0.2) is 19.9 Å². The zero-order valence-corrected chi connectivity index (χ0v) is 50.1. The van der Waals surface area contributed by atoms with Crippen LogP contribution in [0.25, 0.3) is 0 Å². The van der Waals surface area contributed by atoms with Crippen molar-refractivity contribution in [3.63, 3.8) is 0 Å². The maximum absolute atomic E-state index is 5.30. The summed E-state index contributed by atoms with van der Waals surface area (Å²) in [6.45, 7) is 14.9. The van der Waals surface area contributed by atoms with E-state index in [1.54, 1.807) is 31.0 Å². The number of morpholine rings is 1. The van der Waals surface area contributed by atoms with Crippen LogP contribution in [0.3, 0.4) is 0 Å². The molecule has 0 atom stereocenters. The van der Waals surface area contributed by atoms with Gasteiger partial charge in [0, 0.05) is 115 Å². The number of halogens is 3. The maximum atomic E-state index is 5.30. The molecule has 8 heterocycles. The van der Waals surface area contributed by atoms with Gasteiger partial charge >= 0.3 is 0 Å². The van der Waals surface area contributed by atoms with Gasteiger partial charge in [0.2, 0.25) is 0 Å². The van der Waals surface area contributed by atoms with Gasteiger partial charge in [-0.1, -0.05) is 25.0 Å². The van der Waals surface area contributed by atoms with Crippen molar-refractivity contribution in [2.24, 2.45) is 0 Å². The monoisotopic (exact) mass is 1290 g/mol. The standard InChI is InChI=1S/2C13H19BrN4S.C13H14N4S.C12H17BrN4OS/c2*14-11-4-5-12(16-10-11)17-13(19)15-6-9-18-7-2-1-3-8-18;18-13(17-12-6-2-4-9-15-12)16-10-7-11-5-1-3-8-14-11;13-10-1-2-11(15-9-10)16-12(19)14-3-4-17-5-7-18-8-6-17/h2*4-5,10H,1-3,6-9H2,(H2,15,16,17,19);1-6,8-9H,7,10H2,(H2,15,16,17,18);1-2,9H,3-8H2,(H2,14,15,16,19). The molecule has 17 nitrogen and oxygen atoms in total. The fourth-order valence-electron chi connectivity index (χ4n) is 7.45. The van der Waals surface area contributed by atoms with E-state index >= 15 is 0 Å². The average molecular weight is 1290 g/mol. The largest absolute Gasteiger partial charge is 0.379 e. The van der Waals surface area contributed by atoms with Crippen LogP contribution in [0.5, 0.6) is 0 Å². The van der Waals surface area contributed by atoms with Crippen LogP contribution in [-0.4, -0.2) is 158 Å². The van der Waals surface area contributed by atoms with Crippen LogP contribution in [0.4, 0.5) is 23.3 Å². The molecule has 0 radical (unpaired) electrons. The van der Waals surface area contributed by atoms with Crippen molar-refractivity contribution < 1.29 is 4.74 Å². The summed E-state index contributed by atoms with van der Waals surface area (Å²) < 4.78 is 8.17. The molecule has 3 aliphatic rings. The fourth-order valence-corrected chi connectivity index (χ4v) is 8.98. The molecule has 5 aromatic rings. The highest BCUT2D eigenvalue weighted by Crippen LogP contribution is 2.13. The molecule has 24 heteroatoms. The van der Waals surface area contributed by atoms with Crippen molar-refractivity contribution in [3.8, 4) is 0 Å². The lowest BCUT2D eigenvalue weighted by Crippen LogP contribution is -2.42. The lowest BCUT2D eigenvalue weighted by atomic mass is 10.1. The number of hydrogen-bond acceptors (Lipinski definition) is 13. The molecule has 404 valence electrons. The molecule has 75 heavy (non-hydrogen) atoms. The predicted octanol–water partition coefficient (Wildman–Crippen LogP) is 8.70. The smallest absolute Gasteiger partial charge is 0.171 e. The third kappa shape index (κ3) is 28.7. The molecule has 0 aliphatic carbocycles. The van der Waals surface area contributed by atoms with E-state index in [2.05, 4.69) is 130 Å². The van der Waals surface area contributed by atoms with Gasteiger partial charge < -0.3 is 57.1 Å². The van der Waals surface area contributed by atoms with E-state index in [-0.39, 0.29) is 0 Å². The molecule has 8 N–H and O–H groups in total. The van der Waals surface area contributed by atoms with Crippen LogP contribution in [0, 0.1) is 0 Å². The van der Waals surface area contributed by atoms with Gasteiger partial charge in [-0.05, 0) is 209 Å². The first-order valence-corrected chi connectivity index (χ1v) is 29.2. The van der Waals surface area contributed by atoms with Crippen LogP contribution < -0.4 is 42.5 Å². The Morgan fingerprint density at radius 2 is 0.800 bits per heavy atom. The van der Waals surface area contributed by atoms with Crippen LogP contribution in [0.1, 0.15) is 44.2 Å². The molecular weight excluding hydrogens is 1220 g/mol. The minimum Gasteiger partial charge on any atom is -0.379 e. The minimum atomic E-state index is 0.574. The Balaban J connectivity index is 0.000000185. The summed E-state index contributed by atoms with van der Waals surface area (Å²) in [7, 11) is 0. The zero-order chi connectivity index (χ0) is 53.1. The number of nitrogens with one attached hydrogen (secondary N) is 8. The number of hydrogen-bond donors (Lipinski definition) is 8. The molecule has 5 aromatic heterocycles. The average Bonchev–Trinajstić information content (AvgIpc) is 3.43. The molecule has 0 bridgehead atoms. The van der Waals surface area contributed by atoms with Crippen molar-refractivity contribution >= 4 is 140 Å². The summed E-state index contributed by atoms with van der Waals surface area (Å²) in [6, 6.07) is 23.0. The quantitative estimate of drug-likeness (QED) is 0.0440. The first-order chi connectivity index (χ1) is 36.6. The van der Waals surface area contributed by atoms with Crippen molar-refractivity contribution in [3.05, 3.63) is 123 Å². The second kappa shape index (κ2) is 37.5. The fraction of sp³-hybridized carbons (Fsp3) is 0.431. The van der Waals surface area contributed by atoms with Crippen molar-refractivity contribution in [1.82, 2.24) is 60.9 Å². The Morgan fingerprint density at radius 1 is 0.427 bits per heavy atom. The summed E-state index contributed by atoms with van der Waals surface area (Å²) >= 11 is 30.9. The molecule has 3 aliphatic heterocycles. The molecule has 0 aromatic carbocycles. The van der Waals surface area contributed by atoms with Crippen LogP contribution in [0.2, 0.25) is 0 Å². The molecule has 8 rings (SSSR count). The maximum Gasteiger partial charge on any atom is 0.171 e. The van der Waals surface area contributed by atoms with E-state index in [1.807, 2.05) is 72.8 Å². The van der Waals surface area contributed by atoms with Crippen molar-refractivity contribution in [1.29, 1.82) is 0 Å². The zero-order valence-electron chi connectivity index (χ0n) is 42.1. The highest BCUT2D eigenvalue weighted by Gasteiger charge is 2.12. The number of rotatable bonds is 16. The van der Waals surface area contributed by atoms with Gasteiger partial charge in [-0.3, -0.25) is 9.88 Å². The molecular formula is C51H69Br3N16OS4. The number of aromatic nitrogens is 5. The lowest BCUT2D eigenvalue weighted by molar-refractivity contribution is 0.0389. The molecule has 0 spiro atoms. The SMILES string of the molecule is S=C(NCCN1CCCCC1)Nc1ccc(Br)cn1.S=C(NCCN1CCCCC1)Nc1ccc(Br)cn1.S=C(NCCN1CCOCC1)Nc1ccc(Br)cn1.S=C(NCCc1ccccn1)Nc1ccccn1. The molecule has 3 saturated heterocycles. The number of piperidine rings is 2. The first-order valence-electron chi connectivity index (χ1n) is 25.2. The van der Waals surface area contributed by atoms with Gasteiger partial charge in [0.05, 0.1) is 13.2 Å². The van der Waals surface area contributed by atoms with E-state index in [1.165, 1.54) is 64.7 Å². The van der Waals surface area contributed by atoms with E-state index in [9.17, 15) is 0 Å². The van der Waals surface area contributed by atoms with E-state index in [0.717, 1.165) is 121 Å². The molecule has 0 saturated carbocycles. The van der Waals surface area contributed by atoms with Crippen molar-refractivity contribution in [2.75, 3.05) is 120 Å². The van der Waals surface area contributed by atoms with E-state index in [0.29, 0.717) is 20.4 Å². The Labute approximate surface area is 489 Å². The number of anilines is 4. The summed E-state index contributed by atoms with van der Waals surface area (Å²) in [5.41, 5.74) is 1.05. The van der Waals surface area contributed by atoms with Gasteiger partial charge in [-0.2, -0.15) is 0 Å². The highest BCUT2D eigenvalue weighted by atomic mass is 79.9.